The Bertz CT molecular complexity index is 996. The molecule has 0 aliphatic rings. The molecule has 3 aromatic rings. The standard InChI is InChI=1S/C17H17FN4O2S/c1-3-5-15-20-21-17(25-15)19-14(24)9-22-10(2)8-13(23)11-6-4-7-12(18)16(11)22/h4,6-8H,3,5,9H2,1-2H3,(H,19,21,24). The number of amides is 1. The molecule has 1 N–H and O–H groups in total. The Morgan fingerprint density at radius 2 is 2.16 bits per heavy atom. The fourth-order valence-electron chi connectivity index (χ4n) is 2.64. The lowest BCUT2D eigenvalue weighted by Gasteiger charge is -2.14. The second-order valence-corrected chi connectivity index (χ2v) is 6.73. The molecule has 130 valence electrons. The van der Waals surface area contributed by atoms with Crippen molar-refractivity contribution in [2.45, 2.75) is 33.2 Å². The fourth-order valence-corrected chi connectivity index (χ4v) is 3.49. The number of para-hydroxylation sites is 1. The minimum atomic E-state index is -0.535. The third-order valence-electron chi connectivity index (χ3n) is 3.77. The molecular weight excluding hydrogens is 343 g/mol. The van der Waals surface area contributed by atoms with Crippen molar-refractivity contribution < 1.29 is 9.18 Å². The zero-order valence-electron chi connectivity index (χ0n) is 13.9. The van der Waals surface area contributed by atoms with E-state index in [0.717, 1.165) is 17.8 Å². The first-order valence-electron chi connectivity index (χ1n) is 7.90. The molecule has 25 heavy (non-hydrogen) atoms. The maximum absolute atomic E-state index is 14.3. The molecule has 6 nitrogen and oxygen atoms in total. The first-order chi connectivity index (χ1) is 12.0. The van der Waals surface area contributed by atoms with Gasteiger partial charge in [0.05, 0.1) is 5.52 Å². The zero-order valence-corrected chi connectivity index (χ0v) is 14.7. The molecule has 8 heteroatoms. The number of hydrogen-bond donors (Lipinski definition) is 1. The van der Waals surface area contributed by atoms with E-state index >= 15 is 0 Å². The second-order valence-electron chi connectivity index (χ2n) is 5.67. The predicted molar refractivity (Wildman–Crippen MR) is 95.4 cm³/mol. The highest BCUT2D eigenvalue weighted by Crippen LogP contribution is 2.19. The van der Waals surface area contributed by atoms with E-state index in [1.54, 1.807) is 13.0 Å². The van der Waals surface area contributed by atoms with Crippen molar-refractivity contribution in [1.82, 2.24) is 14.8 Å². The summed E-state index contributed by atoms with van der Waals surface area (Å²) in [5, 5.41) is 12.1. The van der Waals surface area contributed by atoms with Crippen molar-refractivity contribution in [2.75, 3.05) is 5.32 Å². The summed E-state index contributed by atoms with van der Waals surface area (Å²) in [5.74, 6) is -0.886. The van der Waals surface area contributed by atoms with Gasteiger partial charge in [0.25, 0.3) is 0 Å². The van der Waals surface area contributed by atoms with Crippen LogP contribution in [0.15, 0.2) is 29.1 Å². The largest absolute Gasteiger partial charge is 0.333 e. The van der Waals surface area contributed by atoms with Crippen LogP contribution in [0, 0.1) is 12.7 Å². The summed E-state index contributed by atoms with van der Waals surface area (Å²) < 4.78 is 15.8. The summed E-state index contributed by atoms with van der Waals surface area (Å²) in [6.45, 7) is 3.59. The molecule has 1 aromatic carbocycles. The maximum Gasteiger partial charge on any atom is 0.246 e. The number of nitrogens with one attached hydrogen (secondary N) is 1. The molecule has 2 aromatic heterocycles. The van der Waals surface area contributed by atoms with Crippen LogP contribution in [0.2, 0.25) is 0 Å². The Morgan fingerprint density at radius 1 is 1.36 bits per heavy atom. The van der Waals surface area contributed by atoms with E-state index in [1.165, 1.54) is 34.1 Å². The quantitative estimate of drug-likeness (QED) is 0.759. The van der Waals surface area contributed by atoms with Crippen LogP contribution in [-0.2, 0) is 17.8 Å². The molecule has 0 radical (unpaired) electrons. The number of carbonyl (C=O) groups is 1. The molecule has 0 saturated heterocycles. The second kappa shape index (κ2) is 7.10. The number of carbonyl (C=O) groups excluding carboxylic acids is 1. The fraction of sp³-hybridized carbons (Fsp3) is 0.294. The first kappa shape index (κ1) is 17.2. The highest BCUT2D eigenvalue weighted by atomic mass is 32.1. The van der Waals surface area contributed by atoms with Crippen LogP contribution in [0.1, 0.15) is 24.0 Å². The van der Waals surface area contributed by atoms with E-state index in [9.17, 15) is 14.0 Å². The van der Waals surface area contributed by atoms with Crippen molar-refractivity contribution in [3.05, 3.63) is 51.0 Å². The van der Waals surface area contributed by atoms with E-state index in [2.05, 4.69) is 15.5 Å². The lowest BCUT2D eigenvalue weighted by atomic mass is 10.1. The number of benzene rings is 1. The molecular formula is C17H17FN4O2S. The van der Waals surface area contributed by atoms with Gasteiger partial charge in [0, 0.05) is 23.6 Å². The Hall–Kier alpha value is -2.61. The topological polar surface area (TPSA) is 76.9 Å². The summed E-state index contributed by atoms with van der Waals surface area (Å²) in [7, 11) is 0. The van der Waals surface area contributed by atoms with Gasteiger partial charge < -0.3 is 4.57 Å². The predicted octanol–water partition coefficient (Wildman–Crippen LogP) is 2.89. The summed E-state index contributed by atoms with van der Waals surface area (Å²) in [6, 6.07) is 5.71. The highest BCUT2D eigenvalue weighted by molar-refractivity contribution is 7.15. The van der Waals surface area contributed by atoms with Gasteiger partial charge in [-0.2, -0.15) is 0 Å². The number of aromatic nitrogens is 3. The van der Waals surface area contributed by atoms with E-state index in [4.69, 9.17) is 0 Å². The molecule has 3 rings (SSSR count). The van der Waals surface area contributed by atoms with Crippen molar-refractivity contribution in [2.24, 2.45) is 0 Å². The number of rotatable bonds is 5. The van der Waals surface area contributed by atoms with Crippen molar-refractivity contribution >= 4 is 33.3 Å². The van der Waals surface area contributed by atoms with Crippen LogP contribution in [0.5, 0.6) is 0 Å². The van der Waals surface area contributed by atoms with E-state index in [0.29, 0.717) is 10.8 Å². The van der Waals surface area contributed by atoms with Crippen LogP contribution < -0.4 is 10.7 Å². The van der Waals surface area contributed by atoms with Gasteiger partial charge in [0.1, 0.15) is 17.4 Å². The Labute approximate surface area is 147 Å². The Kier molecular flexibility index (Phi) is 4.89. The molecule has 0 spiro atoms. The normalized spacial score (nSPS) is 11.0. The molecule has 1 amide bonds. The number of halogens is 1. The summed E-state index contributed by atoms with van der Waals surface area (Å²) >= 11 is 1.32. The van der Waals surface area contributed by atoms with Gasteiger partial charge >= 0.3 is 0 Å². The van der Waals surface area contributed by atoms with Gasteiger partial charge in [-0.25, -0.2) is 4.39 Å². The first-order valence-corrected chi connectivity index (χ1v) is 8.72. The molecule has 0 aliphatic heterocycles. The number of nitrogens with zero attached hydrogens (tertiary/aromatic N) is 3. The zero-order chi connectivity index (χ0) is 18.0. The lowest BCUT2D eigenvalue weighted by molar-refractivity contribution is -0.116. The van der Waals surface area contributed by atoms with Gasteiger partial charge in [-0.15, -0.1) is 10.2 Å². The third-order valence-corrected chi connectivity index (χ3v) is 4.67. The molecule has 2 heterocycles. The monoisotopic (exact) mass is 360 g/mol. The minimum Gasteiger partial charge on any atom is -0.333 e. The average molecular weight is 360 g/mol. The number of fused-ring (bicyclic) bond motifs is 1. The smallest absolute Gasteiger partial charge is 0.246 e. The minimum absolute atomic E-state index is 0.119. The third kappa shape index (κ3) is 3.58. The summed E-state index contributed by atoms with van der Waals surface area (Å²) in [5.41, 5.74) is 0.380. The van der Waals surface area contributed by atoms with E-state index in [1.807, 2.05) is 6.92 Å². The molecule has 0 bridgehead atoms. The molecule has 0 aliphatic carbocycles. The molecule has 0 saturated carbocycles. The number of aryl methyl sites for hydroxylation is 2. The van der Waals surface area contributed by atoms with Crippen LogP contribution in [0.25, 0.3) is 10.9 Å². The number of pyridine rings is 1. The Balaban J connectivity index is 1.89. The Morgan fingerprint density at radius 3 is 2.92 bits per heavy atom. The van der Waals surface area contributed by atoms with Gasteiger partial charge in [0.15, 0.2) is 5.43 Å². The van der Waals surface area contributed by atoms with Gasteiger partial charge in [-0.05, 0) is 25.5 Å². The maximum atomic E-state index is 14.3. The SMILES string of the molecule is CCCc1nnc(NC(=O)Cn2c(C)cc(=O)c3cccc(F)c32)s1. The van der Waals surface area contributed by atoms with Crippen molar-refractivity contribution in [3.63, 3.8) is 0 Å². The van der Waals surface area contributed by atoms with Crippen molar-refractivity contribution in [3.8, 4) is 0 Å². The van der Waals surface area contributed by atoms with Crippen LogP contribution >= 0.6 is 11.3 Å². The van der Waals surface area contributed by atoms with Crippen LogP contribution in [-0.4, -0.2) is 20.7 Å². The molecule has 0 atom stereocenters. The average Bonchev–Trinajstić information content (AvgIpc) is 2.99. The van der Waals surface area contributed by atoms with Crippen molar-refractivity contribution in [1.29, 1.82) is 0 Å². The van der Waals surface area contributed by atoms with Crippen LogP contribution in [0.4, 0.5) is 9.52 Å². The summed E-state index contributed by atoms with van der Waals surface area (Å²) in [4.78, 5) is 24.4. The van der Waals surface area contributed by atoms with E-state index < -0.39 is 5.82 Å². The number of hydrogen-bond acceptors (Lipinski definition) is 5. The molecule has 0 fully saturated rings. The summed E-state index contributed by atoms with van der Waals surface area (Å²) in [6.07, 6.45) is 1.76. The van der Waals surface area contributed by atoms with E-state index in [-0.39, 0.29) is 28.8 Å². The lowest BCUT2D eigenvalue weighted by Crippen LogP contribution is -2.22. The van der Waals surface area contributed by atoms with Gasteiger partial charge in [-0.3, -0.25) is 14.9 Å². The number of anilines is 1. The van der Waals surface area contributed by atoms with Gasteiger partial charge in [0.2, 0.25) is 11.0 Å². The highest BCUT2D eigenvalue weighted by Gasteiger charge is 2.14. The van der Waals surface area contributed by atoms with Crippen LogP contribution in [0.3, 0.4) is 0 Å². The van der Waals surface area contributed by atoms with Gasteiger partial charge in [-0.1, -0.05) is 24.3 Å². The molecule has 0 unspecified atom stereocenters.